The normalized spacial score (nSPS) is 12.3. The van der Waals surface area contributed by atoms with Gasteiger partial charge in [0.15, 0.2) is 23.0 Å². The van der Waals surface area contributed by atoms with E-state index in [4.69, 9.17) is 14.9 Å². The Morgan fingerprint density at radius 3 is 2.06 bits per heavy atom. The van der Waals surface area contributed by atoms with E-state index >= 15 is 0 Å². The van der Waals surface area contributed by atoms with Crippen molar-refractivity contribution in [2.75, 3.05) is 7.05 Å². The Labute approximate surface area is 288 Å². The lowest BCUT2D eigenvalue weighted by Gasteiger charge is -2.26. The smallest absolute Gasteiger partial charge is 0.179 e. The number of nitrogens with zero attached hydrogens (tertiary/aromatic N) is 2. The quantitative estimate of drug-likeness (QED) is 0.195. The van der Waals surface area contributed by atoms with Crippen LogP contribution in [0, 0.1) is 23.7 Å². The summed E-state index contributed by atoms with van der Waals surface area (Å²) in [5.74, 6) is 2.51. The van der Waals surface area contributed by atoms with E-state index < -0.39 is 0 Å². The predicted molar refractivity (Wildman–Crippen MR) is 200 cm³/mol. The molecule has 6 aromatic rings. The number of hydrogen-bond acceptors (Lipinski definition) is 5. The highest BCUT2D eigenvalue weighted by atomic mass is 16.6. The van der Waals surface area contributed by atoms with Gasteiger partial charge < -0.3 is 14.5 Å². The van der Waals surface area contributed by atoms with Crippen LogP contribution in [-0.2, 0) is 5.41 Å². The molecule has 6 aromatic carbocycles. The molecule has 0 saturated heterocycles. The Morgan fingerprint density at radius 2 is 1.35 bits per heavy atom. The highest BCUT2D eigenvalue weighted by Crippen LogP contribution is 2.58. The van der Waals surface area contributed by atoms with Gasteiger partial charge in [-0.25, -0.2) is 0 Å². The predicted octanol–water partition coefficient (Wildman–Crippen LogP) is 11.2. The first kappa shape index (κ1) is 32.7. The molecule has 5 nitrogen and oxygen atoms in total. The van der Waals surface area contributed by atoms with Crippen LogP contribution in [0.5, 0.6) is 23.0 Å². The average Bonchev–Trinajstić information content (AvgIpc) is 3.37. The van der Waals surface area contributed by atoms with Crippen LogP contribution in [0.2, 0.25) is 0 Å². The second-order valence-corrected chi connectivity index (χ2v) is 12.4. The van der Waals surface area contributed by atoms with E-state index in [9.17, 15) is 5.26 Å². The third kappa shape index (κ3) is 6.37. The van der Waals surface area contributed by atoms with Gasteiger partial charge in [-0.05, 0) is 77.9 Å². The molecule has 49 heavy (non-hydrogen) atoms. The second kappa shape index (κ2) is 13.9. The number of fused-ring (bicyclic) bond motifs is 6. The Balaban J connectivity index is 0.000000363. The molecule has 0 amide bonds. The number of rotatable bonds is 3. The molecule has 2 aliphatic rings. The summed E-state index contributed by atoms with van der Waals surface area (Å²) in [7, 11) is 1.64. The molecular formula is C44H37N3O2. The van der Waals surface area contributed by atoms with Crippen molar-refractivity contribution < 1.29 is 9.47 Å². The molecule has 240 valence electrons. The summed E-state index contributed by atoms with van der Waals surface area (Å²) in [5, 5.41) is 18.4. The zero-order chi connectivity index (χ0) is 34.5. The molecule has 0 saturated carbocycles. The average molecular weight is 640 g/mol. The van der Waals surface area contributed by atoms with Gasteiger partial charge >= 0.3 is 0 Å². The zero-order valence-electron chi connectivity index (χ0n) is 28.1. The number of ether oxygens (including phenoxy) is 2. The van der Waals surface area contributed by atoms with Gasteiger partial charge in [0, 0.05) is 29.2 Å². The molecule has 0 fully saturated rings. The number of hydrogen-bond donors (Lipinski definition) is 1. The SMILES string of the molecule is C=NC.CC1(C)c2ccccc2-c2c1ccc1c2Oc2cccc(C(=N)c3cccc(-c4cccc(C#N)c4)c3)c2O1.Cc1ccccc1. The third-order valence-electron chi connectivity index (χ3n) is 8.75. The maximum absolute atomic E-state index is 9.30. The molecule has 0 radical (unpaired) electrons. The van der Waals surface area contributed by atoms with Gasteiger partial charge in [0.25, 0.3) is 0 Å². The molecule has 1 aliphatic heterocycles. The first-order valence-corrected chi connectivity index (χ1v) is 16.1. The molecule has 0 atom stereocenters. The van der Waals surface area contributed by atoms with E-state index in [-0.39, 0.29) is 5.41 Å². The molecule has 0 aromatic heterocycles. The molecule has 1 aliphatic carbocycles. The van der Waals surface area contributed by atoms with Gasteiger partial charge in [0.1, 0.15) is 0 Å². The summed E-state index contributed by atoms with van der Waals surface area (Å²) in [4.78, 5) is 3.25. The Kier molecular flexibility index (Phi) is 9.24. The molecule has 1 heterocycles. The van der Waals surface area contributed by atoms with Crippen LogP contribution in [0.25, 0.3) is 22.3 Å². The minimum Gasteiger partial charge on any atom is -0.449 e. The number of aliphatic imine (C=N–C) groups is 1. The molecule has 8 rings (SSSR count). The summed E-state index contributed by atoms with van der Waals surface area (Å²) in [6.45, 7) is 9.68. The van der Waals surface area contributed by atoms with Gasteiger partial charge in [0.2, 0.25) is 0 Å². The first-order chi connectivity index (χ1) is 23.8. The van der Waals surface area contributed by atoms with Crippen molar-refractivity contribution >= 4 is 12.4 Å². The van der Waals surface area contributed by atoms with Crippen molar-refractivity contribution in [2.45, 2.75) is 26.2 Å². The maximum atomic E-state index is 9.30. The number of nitrogens with one attached hydrogen (secondary N) is 1. The number of nitriles is 1. The summed E-state index contributed by atoms with van der Waals surface area (Å²) in [6.07, 6.45) is 0. The lowest BCUT2D eigenvalue weighted by atomic mass is 9.82. The Morgan fingerprint density at radius 1 is 0.714 bits per heavy atom. The van der Waals surface area contributed by atoms with Crippen LogP contribution >= 0.6 is 0 Å². The third-order valence-corrected chi connectivity index (χ3v) is 8.75. The van der Waals surface area contributed by atoms with E-state index in [1.54, 1.807) is 13.1 Å². The Bertz CT molecular complexity index is 2230. The number of aryl methyl sites for hydroxylation is 1. The number of benzene rings is 6. The van der Waals surface area contributed by atoms with Crippen LogP contribution in [-0.4, -0.2) is 19.5 Å². The second-order valence-electron chi connectivity index (χ2n) is 12.4. The standard InChI is InChI=1S/C35H24N2O2.C7H8.C2H5N/c1-35(2)27-14-4-3-12-25(27)31-28(35)16-17-30-34(31)39-29-15-7-13-26(33(29)38-30)32(37)24-11-6-10-23(19-24)22-9-5-8-21(18-22)20-36;1-7-5-3-2-4-6-7;1-3-2/h3-19,37H,1-2H3;2-6H,1H3;1H2,2H3. The van der Waals surface area contributed by atoms with Crippen LogP contribution < -0.4 is 9.47 Å². The molecule has 0 bridgehead atoms. The van der Waals surface area contributed by atoms with Crippen molar-refractivity contribution in [1.29, 1.82) is 10.7 Å². The minimum absolute atomic E-state index is 0.133. The highest BCUT2D eigenvalue weighted by molar-refractivity contribution is 6.13. The van der Waals surface area contributed by atoms with Gasteiger partial charge in [-0.2, -0.15) is 5.26 Å². The summed E-state index contributed by atoms with van der Waals surface area (Å²) in [5.41, 5.74) is 10.2. The largest absolute Gasteiger partial charge is 0.449 e. The fraction of sp³-hybridized carbons (Fsp3) is 0.114. The fourth-order valence-corrected chi connectivity index (χ4v) is 6.36. The van der Waals surface area contributed by atoms with Crippen LogP contribution in [0.4, 0.5) is 0 Å². The van der Waals surface area contributed by atoms with E-state index in [1.807, 2.05) is 84.9 Å². The molecule has 5 heteroatoms. The van der Waals surface area contributed by atoms with Gasteiger partial charge in [-0.1, -0.05) is 116 Å². The lowest BCUT2D eigenvalue weighted by Crippen LogP contribution is -2.15. The van der Waals surface area contributed by atoms with Crippen LogP contribution in [0.1, 0.15) is 47.2 Å². The first-order valence-electron chi connectivity index (χ1n) is 16.1. The number of para-hydroxylation sites is 1. The summed E-state index contributed by atoms with van der Waals surface area (Å²) in [6, 6.07) is 46.0. The van der Waals surface area contributed by atoms with Crippen molar-refractivity contribution in [3.05, 3.63) is 167 Å². The maximum Gasteiger partial charge on any atom is 0.179 e. The highest BCUT2D eigenvalue weighted by Gasteiger charge is 2.39. The van der Waals surface area contributed by atoms with E-state index in [1.165, 1.54) is 22.3 Å². The van der Waals surface area contributed by atoms with Gasteiger partial charge in [-0.3, -0.25) is 5.41 Å². The molecule has 0 spiro atoms. The topological polar surface area (TPSA) is 78.5 Å². The van der Waals surface area contributed by atoms with Gasteiger partial charge in [-0.15, -0.1) is 0 Å². The van der Waals surface area contributed by atoms with E-state index in [0.29, 0.717) is 34.1 Å². The summed E-state index contributed by atoms with van der Waals surface area (Å²) >= 11 is 0. The lowest BCUT2D eigenvalue weighted by molar-refractivity contribution is 0.359. The van der Waals surface area contributed by atoms with Crippen molar-refractivity contribution in [3.63, 3.8) is 0 Å². The molecular weight excluding hydrogens is 603 g/mol. The monoisotopic (exact) mass is 639 g/mol. The molecule has 1 N–H and O–H groups in total. The van der Waals surface area contributed by atoms with Crippen LogP contribution in [0.3, 0.4) is 0 Å². The van der Waals surface area contributed by atoms with Crippen molar-refractivity contribution in [2.24, 2.45) is 4.99 Å². The molecule has 0 unspecified atom stereocenters. The minimum atomic E-state index is -0.133. The Hall–Kier alpha value is -6.25. The van der Waals surface area contributed by atoms with Gasteiger partial charge in [0.05, 0.1) is 17.3 Å². The summed E-state index contributed by atoms with van der Waals surface area (Å²) < 4.78 is 13.1. The fourth-order valence-electron chi connectivity index (χ4n) is 6.36. The van der Waals surface area contributed by atoms with E-state index in [0.717, 1.165) is 28.0 Å². The van der Waals surface area contributed by atoms with Crippen molar-refractivity contribution in [1.82, 2.24) is 0 Å². The van der Waals surface area contributed by atoms with Crippen molar-refractivity contribution in [3.8, 4) is 51.3 Å². The van der Waals surface area contributed by atoms with E-state index in [2.05, 4.69) is 81.0 Å². The zero-order valence-corrected chi connectivity index (χ0v) is 28.1. The van der Waals surface area contributed by atoms with Crippen LogP contribution in [0.15, 0.2) is 138 Å².